The summed E-state index contributed by atoms with van der Waals surface area (Å²) in [5.41, 5.74) is 1.51. The van der Waals surface area contributed by atoms with Gasteiger partial charge in [0.25, 0.3) is 0 Å². The molecule has 0 spiro atoms. The molecule has 140 valence electrons. The van der Waals surface area contributed by atoms with Crippen LogP contribution in [0.2, 0.25) is 5.02 Å². The number of fused-ring (bicyclic) bond motifs is 1. The van der Waals surface area contributed by atoms with Gasteiger partial charge in [-0.3, -0.25) is 0 Å². The Hall–Kier alpha value is -2.10. The van der Waals surface area contributed by atoms with E-state index in [0.717, 1.165) is 17.9 Å². The molecule has 0 unspecified atom stereocenters. The van der Waals surface area contributed by atoms with Crippen LogP contribution in [-0.4, -0.2) is 6.04 Å². The average molecular weight is 384 g/mol. The van der Waals surface area contributed by atoms with Crippen LogP contribution in [0.25, 0.3) is 10.8 Å². The molecule has 3 aromatic carbocycles. The summed E-state index contributed by atoms with van der Waals surface area (Å²) in [4.78, 5) is 0. The Bertz CT molecular complexity index is 917. The Labute approximate surface area is 164 Å². The summed E-state index contributed by atoms with van der Waals surface area (Å²) < 4.78 is 20.1. The molecular weight excluding hydrogens is 361 g/mol. The summed E-state index contributed by atoms with van der Waals surface area (Å²) in [5.74, 6) is 0.437. The van der Waals surface area contributed by atoms with Crippen LogP contribution in [0.5, 0.6) is 5.75 Å². The third-order valence-electron chi connectivity index (χ3n) is 5.35. The van der Waals surface area contributed by atoms with E-state index in [4.69, 9.17) is 16.3 Å². The van der Waals surface area contributed by atoms with Crippen molar-refractivity contribution in [2.45, 2.75) is 44.9 Å². The van der Waals surface area contributed by atoms with Crippen LogP contribution < -0.4 is 10.1 Å². The standard InChI is InChI=1S/C23H23ClFNO/c24-21-10-5-11-22(25)20(21)15-27-23-13-12-16-6-1-4-9-18(16)19(23)14-26-17-7-2-3-8-17/h1,4-6,9-13,17,26H,2-3,7-8,14-15H2. The first-order valence-corrected chi connectivity index (χ1v) is 9.90. The van der Waals surface area contributed by atoms with Crippen LogP contribution in [0.1, 0.15) is 36.8 Å². The van der Waals surface area contributed by atoms with Gasteiger partial charge in [-0.05, 0) is 41.8 Å². The lowest BCUT2D eigenvalue weighted by Gasteiger charge is -2.18. The number of rotatable bonds is 6. The molecule has 1 aliphatic rings. The summed E-state index contributed by atoms with van der Waals surface area (Å²) in [6, 6.07) is 17.6. The highest BCUT2D eigenvalue weighted by molar-refractivity contribution is 6.31. The van der Waals surface area contributed by atoms with E-state index in [-0.39, 0.29) is 12.4 Å². The van der Waals surface area contributed by atoms with Crippen LogP contribution >= 0.6 is 11.6 Å². The van der Waals surface area contributed by atoms with Crippen molar-refractivity contribution in [2.75, 3.05) is 0 Å². The summed E-state index contributed by atoms with van der Waals surface area (Å²) in [6.45, 7) is 0.854. The van der Waals surface area contributed by atoms with Gasteiger partial charge in [0, 0.05) is 23.7 Å². The Morgan fingerprint density at radius 1 is 0.963 bits per heavy atom. The number of halogens is 2. The van der Waals surface area contributed by atoms with Gasteiger partial charge in [-0.15, -0.1) is 0 Å². The number of hydrogen-bond donors (Lipinski definition) is 1. The van der Waals surface area contributed by atoms with Crippen LogP contribution in [-0.2, 0) is 13.2 Å². The topological polar surface area (TPSA) is 21.3 Å². The van der Waals surface area contributed by atoms with E-state index in [1.165, 1.54) is 42.5 Å². The lowest BCUT2D eigenvalue weighted by Crippen LogP contribution is -2.25. The molecule has 0 heterocycles. The van der Waals surface area contributed by atoms with E-state index in [2.05, 4.69) is 17.4 Å². The summed E-state index contributed by atoms with van der Waals surface area (Å²) in [7, 11) is 0. The smallest absolute Gasteiger partial charge is 0.131 e. The van der Waals surface area contributed by atoms with Crippen LogP contribution in [0.15, 0.2) is 54.6 Å². The van der Waals surface area contributed by atoms with Gasteiger partial charge in [0.15, 0.2) is 0 Å². The summed E-state index contributed by atoms with van der Waals surface area (Å²) in [6.07, 6.45) is 5.04. The molecular formula is C23H23ClFNO. The maximum Gasteiger partial charge on any atom is 0.131 e. The van der Waals surface area contributed by atoms with Crippen molar-refractivity contribution < 1.29 is 9.13 Å². The third kappa shape index (κ3) is 4.10. The summed E-state index contributed by atoms with van der Waals surface area (Å²) in [5, 5.41) is 6.41. The molecule has 0 aromatic heterocycles. The molecule has 4 rings (SSSR count). The fourth-order valence-corrected chi connectivity index (χ4v) is 4.05. The van der Waals surface area contributed by atoms with E-state index < -0.39 is 0 Å². The van der Waals surface area contributed by atoms with Crippen molar-refractivity contribution in [3.05, 3.63) is 76.6 Å². The number of benzene rings is 3. The van der Waals surface area contributed by atoms with Crippen LogP contribution in [0, 0.1) is 5.82 Å². The second-order valence-corrected chi connectivity index (χ2v) is 7.52. The van der Waals surface area contributed by atoms with Crippen molar-refractivity contribution in [3.63, 3.8) is 0 Å². The highest BCUT2D eigenvalue weighted by Crippen LogP contribution is 2.30. The van der Waals surface area contributed by atoms with E-state index in [1.807, 2.05) is 24.3 Å². The molecule has 1 fully saturated rings. The van der Waals surface area contributed by atoms with Crippen LogP contribution in [0.3, 0.4) is 0 Å². The lowest BCUT2D eigenvalue weighted by molar-refractivity contribution is 0.296. The first-order valence-electron chi connectivity index (χ1n) is 9.52. The molecule has 0 aliphatic heterocycles. The summed E-state index contributed by atoms with van der Waals surface area (Å²) >= 11 is 6.15. The molecule has 0 radical (unpaired) electrons. The van der Waals surface area contributed by atoms with Gasteiger partial charge in [-0.25, -0.2) is 4.39 Å². The normalized spacial score (nSPS) is 14.7. The zero-order valence-corrected chi connectivity index (χ0v) is 15.9. The Morgan fingerprint density at radius 2 is 1.78 bits per heavy atom. The highest BCUT2D eigenvalue weighted by atomic mass is 35.5. The van der Waals surface area contributed by atoms with Crippen LogP contribution in [0.4, 0.5) is 4.39 Å². The van der Waals surface area contributed by atoms with Gasteiger partial charge in [-0.1, -0.05) is 60.8 Å². The van der Waals surface area contributed by atoms with Crippen molar-refractivity contribution in [2.24, 2.45) is 0 Å². The number of nitrogens with one attached hydrogen (secondary N) is 1. The molecule has 1 N–H and O–H groups in total. The molecule has 4 heteroatoms. The molecule has 0 amide bonds. The minimum atomic E-state index is -0.339. The molecule has 0 atom stereocenters. The lowest BCUT2D eigenvalue weighted by atomic mass is 10.0. The minimum absolute atomic E-state index is 0.111. The highest BCUT2D eigenvalue weighted by Gasteiger charge is 2.17. The third-order valence-corrected chi connectivity index (χ3v) is 5.71. The molecule has 27 heavy (non-hydrogen) atoms. The molecule has 1 aliphatic carbocycles. The fourth-order valence-electron chi connectivity index (χ4n) is 3.83. The molecule has 0 bridgehead atoms. The largest absolute Gasteiger partial charge is 0.488 e. The molecule has 3 aromatic rings. The van der Waals surface area contributed by atoms with Gasteiger partial charge < -0.3 is 10.1 Å². The van der Waals surface area contributed by atoms with E-state index >= 15 is 0 Å². The Morgan fingerprint density at radius 3 is 2.59 bits per heavy atom. The average Bonchev–Trinajstić information content (AvgIpc) is 3.20. The van der Waals surface area contributed by atoms with E-state index in [9.17, 15) is 4.39 Å². The van der Waals surface area contributed by atoms with Gasteiger partial charge in [0.1, 0.15) is 18.2 Å². The number of hydrogen-bond acceptors (Lipinski definition) is 2. The van der Waals surface area contributed by atoms with E-state index in [1.54, 1.807) is 12.1 Å². The second kappa shape index (κ2) is 8.28. The van der Waals surface area contributed by atoms with Gasteiger partial charge in [0.2, 0.25) is 0 Å². The SMILES string of the molecule is Fc1cccc(Cl)c1COc1ccc2ccccc2c1CNC1CCCC1. The minimum Gasteiger partial charge on any atom is -0.488 e. The van der Waals surface area contributed by atoms with Crippen molar-refractivity contribution in [1.82, 2.24) is 5.32 Å². The molecule has 0 saturated heterocycles. The van der Waals surface area contributed by atoms with Gasteiger partial charge in [0.05, 0.1) is 5.02 Å². The van der Waals surface area contributed by atoms with Crippen molar-refractivity contribution in [1.29, 1.82) is 0 Å². The zero-order valence-electron chi connectivity index (χ0n) is 15.2. The fraction of sp³-hybridized carbons (Fsp3) is 0.304. The van der Waals surface area contributed by atoms with Crippen molar-refractivity contribution in [3.8, 4) is 5.75 Å². The predicted octanol–water partition coefficient (Wildman–Crippen LogP) is 6.24. The molecule has 1 saturated carbocycles. The first kappa shape index (κ1) is 18.3. The zero-order chi connectivity index (χ0) is 18.6. The first-order chi connectivity index (χ1) is 13.2. The Balaban J connectivity index is 1.61. The monoisotopic (exact) mass is 383 g/mol. The maximum absolute atomic E-state index is 14.1. The van der Waals surface area contributed by atoms with Gasteiger partial charge in [-0.2, -0.15) is 0 Å². The van der Waals surface area contributed by atoms with Gasteiger partial charge >= 0.3 is 0 Å². The maximum atomic E-state index is 14.1. The molecule has 2 nitrogen and oxygen atoms in total. The quantitative estimate of drug-likeness (QED) is 0.543. The predicted molar refractivity (Wildman–Crippen MR) is 109 cm³/mol. The number of ether oxygens (including phenoxy) is 1. The second-order valence-electron chi connectivity index (χ2n) is 7.11. The Kier molecular flexibility index (Phi) is 5.61. The van der Waals surface area contributed by atoms with Crippen molar-refractivity contribution >= 4 is 22.4 Å². The van der Waals surface area contributed by atoms with E-state index in [0.29, 0.717) is 16.6 Å².